The summed E-state index contributed by atoms with van der Waals surface area (Å²) in [4.78, 5) is 0. The van der Waals surface area contributed by atoms with Crippen LogP contribution in [0.4, 0.5) is 0 Å². The van der Waals surface area contributed by atoms with Gasteiger partial charge in [0.05, 0.1) is 0 Å². The van der Waals surface area contributed by atoms with E-state index in [4.69, 9.17) is 0 Å². The standard InChI is InChI=1S/C10H20N/c1-2-8-11-9-4-3-5-10-6-7-10/h10-11H,1-9H2. The highest BCUT2D eigenvalue weighted by Crippen LogP contribution is 2.33. The summed E-state index contributed by atoms with van der Waals surface area (Å²) < 4.78 is 0. The van der Waals surface area contributed by atoms with Crippen LogP contribution in [0.5, 0.6) is 0 Å². The Kier molecular flexibility index (Phi) is 4.60. The summed E-state index contributed by atoms with van der Waals surface area (Å²) >= 11 is 0. The van der Waals surface area contributed by atoms with Gasteiger partial charge >= 0.3 is 0 Å². The highest BCUT2D eigenvalue weighted by atomic mass is 14.8. The van der Waals surface area contributed by atoms with Gasteiger partial charge in [0, 0.05) is 0 Å². The van der Waals surface area contributed by atoms with Crippen molar-refractivity contribution in [3.8, 4) is 0 Å². The fraction of sp³-hybridized carbons (Fsp3) is 0.900. The number of nitrogens with one attached hydrogen (secondary N) is 1. The molecular formula is C10H20N. The average Bonchev–Trinajstić information content (AvgIpc) is 2.80. The first-order chi connectivity index (χ1) is 5.43. The maximum absolute atomic E-state index is 3.78. The van der Waals surface area contributed by atoms with Crippen LogP contribution in [0.1, 0.15) is 38.5 Å². The highest BCUT2D eigenvalue weighted by Gasteiger charge is 2.19. The summed E-state index contributed by atoms with van der Waals surface area (Å²) in [5, 5.41) is 3.37. The molecule has 0 unspecified atom stereocenters. The van der Waals surface area contributed by atoms with Crippen LogP contribution in [0.25, 0.3) is 0 Å². The van der Waals surface area contributed by atoms with Gasteiger partial charge in [-0.2, -0.15) is 0 Å². The molecule has 11 heavy (non-hydrogen) atoms. The quantitative estimate of drug-likeness (QED) is 0.555. The van der Waals surface area contributed by atoms with Crippen LogP contribution in [0.15, 0.2) is 0 Å². The number of hydrogen-bond acceptors (Lipinski definition) is 1. The smallest absolute Gasteiger partial charge is 0.00489 e. The highest BCUT2D eigenvalue weighted by molar-refractivity contribution is 4.72. The van der Waals surface area contributed by atoms with E-state index >= 15 is 0 Å². The predicted octanol–water partition coefficient (Wildman–Crippen LogP) is 2.38. The van der Waals surface area contributed by atoms with Crippen LogP contribution >= 0.6 is 0 Å². The Labute approximate surface area is 70.6 Å². The lowest BCUT2D eigenvalue weighted by Crippen LogP contribution is -2.15. The number of rotatable bonds is 7. The molecule has 1 radical (unpaired) electrons. The molecule has 0 atom stereocenters. The molecule has 1 saturated carbocycles. The molecule has 1 rings (SSSR count). The maximum Gasteiger partial charge on any atom is -0.00489 e. The molecule has 1 fully saturated rings. The fourth-order valence-corrected chi connectivity index (χ4v) is 1.34. The Morgan fingerprint density at radius 2 is 2.00 bits per heavy atom. The van der Waals surface area contributed by atoms with Gasteiger partial charge < -0.3 is 5.32 Å². The Morgan fingerprint density at radius 3 is 2.64 bits per heavy atom. The summed E-state index contributed by atoms with van der Waals surface area (Å²) in [6.45, 7) is 6.06. The fourth-order valence-electron chi connectivity index (χ4n) is 1.34. The van der Waals surface area contributed by atoms with Crippen molar-refractivity contribution in [2.24, 2.45) is 5.92 Å². The van der Waals surface area contributed by atoms with Crippen LogP contribution < -0.4 is 5.32 Å². The van der Waals surface area contributed by atoms with E-state index in [1.807, 2.05) is 0 Å². The topological polar surface area (TPSA) is 12.0 Å². The SMILES string of the molecule is [CH2]CCNCCCCC1CC1. The molecule has 1 aliphatic rings. The van der Waals surface area contributed by atoms with E-state index in [1.165, 1.54) is 38.6 Å². The molecule has 0 aromatic heterocycles. The Morgan fingerprint density at radius 1 is 1.18 bits per heavy atom. The second kappa shape index (κ2) is 5.59. The summed E-state index contributed by atoms with van der Waals surface area (Å²) in [6.07, 6.45) is 8.29. The van der Waals surface area contributed by atoms with E-state index < -0.39 is 0 Å². The van der Waals surface area contributed by atoms with E-state index in [-0.39, 0.29) is 0 Å². The zero-order valence-electron chi connectivity index (χ0n) is 7.44. The van der Waals surface area contributed by atoms with Gasteiger partial charge in [-0.15, -0.1) is 0 Å². The first-order valence-corrected chi connectivity index (χ1v) is 4.93. The van der Waals surface area contributed by atoms with Crippen molar-refractivity contribution in [1.29, 1.82) is 0 Å². The lowest BCUT2D eigenvalue weighted by molar-refractivity contribution is 0.582. The van der Waals surface area contributed by atoms with Gasteiger partial charge in [0.2, 0.25) is 0 Å². The summed E-state index contributed by atoms with van der Waals surface area (Å²) in [6, 6.07) is 0. The molecule has 0 bridgehead atoms. The molecule has 1 heteroatoms. The molecule has 0 aliphatic heterocycles. The van der Waals surface area contributed by atoms with Crippen LogP contribution in [-0.2, 0) is 0 Å². The van der Waals surface area contributed by atoms with Crippen molar-refractivity contribution >= 4 is 0 Å². The largest absolute Gasteiger partial charge is 0.317 e. The van der Waals surface area contributed by atoms with Crippen molar-refractivity contribution < 1.29 is 0 Å². The molecule has 1 N–H and O–H groups in total. The predicted molar refractivity (Wildman–Crippen MR) is 49.4 cm³/mol. The number of hydrogen-bond donors (Lipinski definition) is 1. The van der Waals surface area contributed by atoms with Crippen LogP contribution in [0, 0.1) is 12.8 Å². The molecule has 0 heterocycles. The van der Waals surface area contributed by atoms with E-state index in [0.29, 0.717) is 0 Å². The van der Waals surface area contributed by atoms with E-state index in [9.17, 15) is 0 Å². The zero-order valence-corrected chi connectivity index (χ0v) is 7.44. The molecule has 0 aromatic rings. The van der Waals surface area contributed by atoms with Crippen LogP contribution in [0.2, 0.25) is 0 Å². The molecule has 65 valence electrons. The lowest BCUT2D eigenvalue weighted by Gasteiger charge is -2.01. The van der Waals surface area contributed by atoms with Crippen molar-refractivity contribution in [2.75, 3.05) is 13.1 Å². The summed E-state index contributed by atoms with van der Waals surface area (Å²) in [5.41, 5.74) is 0. The minimum Gasteiger partial charge on any atom is -0.317 e. The Bertz CT molecular complexity index is 86.9. The third-order valence-electron chi connectivity index (χ3n) is 2.27. The van der Waals surface area contributed by atoms with Gasteiger partial charge in [-0.3, -0.25) is 0 Å². The Balaban J connectivity index is 1.66. The van der Waals surface area contributed by atoms with Crippen molar-refractivity contribution in [3.05, 3.63) is 6.92 Å². The van der Waals surface area contributed by atoms with Gasteiger partial charge in [-0.05, 0) is 31.8 Å². The van der Waals surface area contributed by atoms with Gasteiger partial charge in [-0.25, -0.2) is 0 Å². The number of unbranched alkanes of at least 4 members (excludes halogenated alkanes) is 1. The van der Waals surface area contributed by atoms with Gasteiger partial charge in [-0.1, -0.05) is 32.6 Å². The minimum absolute atomic E-state index is 1.02. The molecule has 0 amide bonds. The zero-order chi connectivity index (χ0) is 7.94. The monoisotopic (exact) mass is 154 g/mol. The Hall–Kier alpha value is -0.0400. The average molecular weight is 154 g/mol. The van der Waals surface area contributed by atoms with Crippen LogP contribution in [0.3, 0.4) is 0 Å². The third-order valence-corrected chi connectivity index (χ3v) is 2.27. The molecular weight excluding hydrogens is 134 g/mol. The van der Waals surface area contributed by atoms with Crippen molar-refractivity contribution in [1.82, 2.24) is 5.32 Å². The first kappa shape index (κ1) is 9.05. The van der Waals surface area contributed by atoms with E-state index in [0.717, 1.165) is 18.9 Å². The normalized spacial score (nSPS) is 17.2. The van der Waals surface area contributed by atoms with Gasteiger partial charge in [0.1, 0.15) is 0 Å². The van der Waals surface area contributed by atoms with Gasteiger partial charge in [0.25, 0.3) is 0 Å². The molecule has 0 spiro atoms. The van der Waals surface area contributed by atoms with E-state index in [1.54, 1.807) is 0 Å². The molecule has 1 aliphatic carbocycles. The maximum atomic E-state index is 3.78. The minimum atomic E-state index is 1.02. The second-order valence-electron chi connectivity index (χ2n) is 3.54. The van der Waals surface area contributed by atoms with Crippen molar-refractivity contribution in [2.45, 2.75) is 38.5 Å². The molecule has 0 aromatic carbocycles. The second-order valence-corrected chi connectivity index (χ2v) is 3.54. The van der Waals surface area contributed by atoms with Gasteiger partial charge in [0.15, 0.2) is 0 Å². The van der Waals surface area contributed by atoms with Crippen LogP contribution in [-0.4, -0.2) is 13.1 Å². The van der Waals surface area contributed by atoms with Crippen molar-refractivity contribution in [3.63, 3.8) is 0 Å². The molecule has 0 saturated heterocycles. The lowest BCUT2D eigenvalue weighted by atomic mass is 10.2. The third kappa shape index (κ3) is 5.25. The summed E-state index contributed by atoms with van der Waals surface area (Å²) in [7, 11) is 0. The summed E-state index contributed by atoms with van der Waals surface area (Å²) in [5.74, 6) is 1.11. The van der Waals surface area contributed by atoms with E-state index in [2.05, 4.69) is 12.2 Å². The molecule has 1 nitrogen and oxygen atoms in total. The first-order valence-electron chi connectivity index (χ1n) is 4.93.